The Labute approximate surface area is 142 Å². The molecule has 2 aliphatic rings. The zero-order chi connectivity index (χ0) is 17.4. The summed E-state index contributed by atoms with van der Waals surface area (Å²) in [5.41, 5.74) is 15.7. The van der Waals surface area contributed by atoms with Gasteiger partial charge in [0.25, 0.3) is 0 Å². The predicted molar refractivity (Wildman–Crippen MR) is 89.5 cm³/mol. The average molecular weight is 345 g/mol. The van der Waals surface area contributed by atoms with Gasteiger partial charge in [0.1, 0.15) is 6.23 Å². The lowest BCUT2D eigenvalue weighted by Crippen LogP contribution is -2.27. The Kier molecular flexibility index (Phi) is 4.04. The number of nitrogens with zero attached hydrogens (tertiary/aromatic N) is 7. The number of hydrogen-bond donors (Lipinski definition) is 3. The molecular formula is C14H19N9O2. The van der Waals surface area contributed by atoms with Crippen molar-refractivity contribution in [1.82, 2.24) is 19.5 Å². The zero-order valence-electron chi connectivity index (χ0n) is 13.5. The van der Waals surface area contributed by atoms with Gasteiger partial charge in [0.05, 0.1) is 25.1 Å². The fourth-order valence-electron chi connectivity index (χ4n) is 3.23. The second-order valence-corrected chi connectivity index (χ2v) is 6.35. The maximum absolute atomic E-state index is 9.42. The molecule has 1 aliphatic carbocycles. The molecule has 0 amide bonds. The highest BCUT2D eigenvalue weighted by Crippen LogP contribution is 2.34. The van der Waals surface area contributed by atoms with E-state index in [0.717, 1.165) is 12.8 Å². The van der Waals surface area contributed by atoms with E-state index >= 15 is 0 Å². The van der Waals surface area contributed by atoms with E-state index in [9.17, 15) is 5.11 Å². The number of azide groups is 1. The van der Waals surface area contributed by atoms with Crippen molar-refractivity contribution in [1.29, 1.82) is 0 Å². The number of nitrogen functional groups attached to an aromatic ring is 1. The summed E-state index contributed by atoms with van der Waals surface area (Å²) < 4.78 is 7.55. The second kappa shape index (κ2) is 6.36. The number of anilines is 2. The van der Waals surface area contributed by atoms with Crippen molar-refractivity contribution in [3.05, 3.63) is 16.8 Å². The maximum atomic E-state index is 9.42. The summed E-state index contributed by atoms with van der Waals surface area (Å²) in [6.45, 7) is -0.224. The van der Waals surface area contributed by atoms with Gasteiger partial charge in [-0.25, -0.2) is 4.98 Å². The molecule has 2 aromatic rings. The minimum absolute atomic E-state index is 0.152. The number of nitrogens with two attached hydrogens (primary N) is 1. The van der Waals surface area contributed by atoms with Crippen LogP contribution in [0.2, 0.25) is 0 Å². The largest absolute Gasteiger partial charge is 0.394 e. The predicted octanol–water partition coefficient (Wildman–Crippen LogP) is 1.33. The van der Waals surface area contributed by atoms with Crippen LogP contribution in [0.3, 0.4) is 0 Å². The molecule has 3 atom stereocenters. The third kappa shape index (κ3) is 2.82. The molecule has 1 saturated carbocycles. The first-order chi connectivity index (χ1) is 12.2. The molecule has 11 heteroatoms. The SMILES string of the molecule is [N-]=[N+]=NC1CC(n2cnc3c(NC4CCC4)nc(N)nc32)OC1CO. The van der Waals surface area contributed by atoms with Crippen molar-refractivity contribution in [3.8, 4) is 0 Å². The third-order valence-corrected chi connectivity index (χ3v) is 4.78. The standard InChI is InChI=1S/C14H19N9O2/c15-14-19-12(18-7-2-1-3-7)11-13(20-14)23(6-17-11)10-4-8(21-22-16)9(5-24)25-10/h6-10,24H,1-5H2,(H3,15,18,19,20). The van der Waals surface area contributed by atoms with Gasteiger partial charge in [-0.1, -0.05) is 5.11 Å². The second-order valence-electron chi connectivity index (χ2n) is 6.35. The van der Waals surface area contributed by atoms with Crippen LogP contribution in [0.5, 0.6) is 0 Å². The van der Waals surface area contributed by atoms with Crippen molar-refractivity contribution >= 4 is 22.9 Å². The summed E-state index contributed by atoms with van der Waals surface area (Å²) in [6, 6.07) is -0.0531. The summed E-state index contributed by atoms with van der Waals surface area (Å²) in [6.07, 6.45) is 4.45. The maximum Gasteiger partial charge on any atom is 0.224 e. The summed E-state index contributed by atoms with van der Waals surface area (Å²) in [7, 11) is 0. The first-order valence-corrected chi connectivity index (χ1v) is 8.26. The van der Waals surface area contributed by atoms with Gasteiger partial charge in [-0.05, 0) is 24.8 Å². The molecule has 4 N–H and O–H groups in total. The lowest BCUT2D eigenvalue weighted by Gasteiger charge is -2.26. The number of aliphatic hydroxyl groups is 1. The van der Waals surface area contributed by atoms with Gasteiger partial charge in [0.15, 0.2) is 17.0 Å². The minimum atomic E-state index is -0.551. The van der Waals surface area contributed by atoms with Crippen LogP contribution < -0.4 is 11.1 Å². The summed E-state index contributed by atoms with van der Waals surface area (Å²) in [5, 5.41) is 16.5. The number of aliphatic hydroxyl groups excluding tert-OH is 1. The summed E-state index contributed by atoms with van der Waals surface area (Å²) >= 11 is 0. The van der Waals surface area contributed by atoms with E-state index in [2.05, 4.69) is 30.3 Å². The van der Waals surface area contributed by atoms with E-state index in [-0.39, 0.29) is 12.6 Å². The highest BCUT2D eigenvalue weighted by atomic mass is 16.5. The zero-order valence-corrected chi connectivity index (χ0v) is 13.5. The summed E-state index contributed by atoms with van der Waals surface area (Å²) in [5.74, 6) is 0.772. The number of imidazole rings is 1. The van der Waals surface area contributed by atoms with Crippen LogP contribution in [0.1, 0.15) is 31.9 Å². The normalized spacial score (nSPS) is 26.4. The molecular weight excluding hydrogens is 326 g/mol. The van der Waals surface area contributed by atoms with E-state index in [0.29, 0.717) is 29.4 Å². The topological polar surface area (TPSA) is 160 Å². The molecule has 0 spiro atoms. The number of fused-ring (bicyclic) bond motifs is 1. The summed E-state index contributed by atoms with van der Waals surface area (Å²) in [4.78, 5) is 15.8. The van der Waals surface area contributed by atoms with Crippen molar-refractivity contribution in [3.63, 3.8) is 0 Å². The van der Waals surface area contributed by atoms with Gasteiger partial charge >= 0.3 is 0 Å². The van der Waals surface area contributed by atoms with Gasteiger partial charge in [-0.15, -0.1) is 0 Å². The minimum Gasteiger partial charge on any atom is -0.394 e. The van der Waals surface area contributed by atoms with Crippen molar-refractivity contribution < 1.29 is 9.84 Å². The first-order valence-electron chi connectivity index (χ1n) is 8.26. The number of hydrogen-bond acceptors (Lipinski definition) is 8. The van der Waals surface area contributed by atoms with E-state index in [1.807, 2.05) is 0 Å². The highest BCUT2D eigenvalue weighted by Gasteiger charge is 2.36. The molecule has 1 aliphatic heterocycles. The Morgan fingerprint density at radius 3 is 3.00 bits per heavy atom. The van der Waals surface area contributed by atoms with E-state index in [1.165, 1.54) is 6.42 Å². The van der Waals surface area contributed by atoms with Crippen LogP contribution in [0.4, 0.5) is 11.8 Å². The van der Waals surface area contributed by atoms with Crippen LogP contribution in [0, 0.1) is 0 Å². The molecule has 0 radical (unpaired) electrons. The van der Waals surface area contributed by atoms with Crippen LogP contribution in [0.25, 0.3) is 21.6 Å². The number of ether oxygens (including phenoxy) is 1. The highest BCUT2D eigenvalue weighted by molar-refractivity contribution is 5.84. The van der Waals surface area contributed by atoms with Gasteiger partial charge in [-0.2, -0.15) is 9.97 Å². The molecule has 3 heterocycles. The van der Waals surface area contributed by atoms with Crippen LogP contribution in [0.15, 0.2) is 11.4 Å². The molecule has 0 aromatic carbocycles. The van der Waals surface area contributed by atoms with Gasteiger partial charge in [0.2, 0.25) is 5.95 Å². The van der Waals surface area contributed by atoms with E-state index in [4.69, 9.17) is 16.0 Å². The van der Waals surface area contributed by atoms with Crippen LogP contribution in [-0.4, -0.2) is 49.4 Å². The monoisotopic (exact) mass is 345 g/mol. The van der Waals surface area contributed by atoms with E-state index in [1.54, 1.807) is 10.9 Å². The average Bonchev–Trinajstić information content (AvgIpc) is 3.14. The van der Waals surface area contributed by atoms with E-state index < -0.39 is 18.4 Å². The molecule has 2 fully saturated rings. The van der Waals surface area contributed by atoms with Crippen molar-refractivity contribution in [2.75, 3.05) is 17.7 Å². The van der Waals surface area contributed by atoms with Crippen LogP contribution >= 0.6 is 0 Å². The lowest BCUT2D eigenvalue weighted by atomic mass is 9.93. The molecule has 4 rings (SSSR count). The number of aromatic nitrogens is 4. The van der Waals surface area contributed by atoms with Gasteiger partial charge in [-0.3, -0.25) is 4.57 Å². The Hall–Kier alpha value is -2.62. The van der Waals surface area contributed by atoms with Crippen molar-refractivity contribution in [2.24, 2.45) is 5.11 Å². The molecule has 1 saturated heterocycles. The van der Waals surface area contributed by atoms with Crippen LogP contribution in [-0.2, 0) is 4.74 Å². The number of nitrogens with one attached hydrogen (secondary N) is 1. The fraction of sp³-hybridized carbons (Fsp3) is 0.643. The smallest absolute Gasteiger partial charge is 0.224 e. The molecule has 132 valence electrons. The van der Waals surface area contributed by atoms with Gasteiger partial charge < -0.3 is 20.9 Å². The molecule has 25 heavy (non-hydrogen) atoms. The molecule has 11 nitrogen and oxygen atoms in total. The number of rotatable bonds is 5. The Morgan fingerprint density at radius 1 is 1.48 bits per heavy atom. The Balaban J connectivity index is 1.67. The Bertz CT molecular complexity index is 827. The van der Waals surface area contributed by atoms with Crippen molar-refractivity contribution in [2.45, 2.75) is 50.1 Å². The first kappa shape index (κ1) is 15.9. The third-order valence-electron chi connectivity index (χ3n) is 4.78. The quantitative estimate of drug-likeness (QED) is 0.418. The molecule has 0 bridgehead atoms. The van der Waals surface area contributed by atoms with Gasteiger partial charge in [0, 0.05) is 17.4 Å². The molecule has 3 unspecified atom stereocenters. The fourth-order valence-corrected chi connectivity index (χ4v) is 3.23. The Morgan fingerprint density at radius 2 is 2.32 bits per heavy atom. The molecule has 2 aromatic heterocycles. The lowest BCUT2D eigenvalue weighted by molar-refractivity contribution is -0.0232.